The minimum absolute atomic E-state index is 0.102. The summed E-state index contributed by atoms with van der Waals surface area (Å²) in [7, 11) is -3.90. The number of nitrogens with one attached hydrogen (secondary N) is 1. The number of sulfonamides is 1. The molecule has 39 heavy (non-hydrogen) atoms. The van der Waals surface area contributed by atoms with Gasteiger partial charge in [0, 0.05) is 41.2 Å². The summed E-state index contributed by atoms with van der Waals surface area (Å²) >= 11 is 5.77. The van der Waals surface area contributed by atoms with E-state index in [0.29, 0.717) is 10.9 Å². The number of aromatic nitrogens is 1. The van der Waals surface area contributed by atoms with E-state index in [-0.39, 0.29) is 53.7 Å². The van der Waals surface area contributed by atoms with Crippen LogP contribution in [-0.4, -0.2) is 60.2 Å². The van der Waals surface area contributed by atoms with Gasteiger partial charge in [-0.2, -0.15) is 0 Å². The molecule has 0 radical (unpaired) electrons. The SMILES string of the molecule is CC(=O)c1cn(CC(=O)N2C[C@H](F)C[C@H]2C(=O)NCc2cccc(Cl)c2F)c2ccc(OCS(N)(=O)=O)cc12. The molecule has 1 aliphatic rings. The van der Waals surface area contributed by atoms with Crippen LogP contribution in [0.4, 0.5) is 8.78 Å². The van der Waals surface area contributed by atoms with Crippen molar-refractivity contribution in [2.24, 2.45) is 5.14 Å². The summed E-state index contributed by atoms with van der Waals surface area (Å²) in [5, 5.41) is 7.81. The maximum atomic E-state index is 14.4. The molecular weight excluding hydrogens is 558 g/mol. The number of amides is 2. The number of carbonyl (C=O) groups is 3. The molecule has 3 N–H and O–H groups in total. The van der Waals surface area contributed by atoms with Gasteiger partial charge in [-0.15, -0.1) is 0 Å². The first-order valence-corrected chi connectivity index (χ1v) is 13.8. The summed E-state index contributed by atoms with van der Waals surface area (Å²) < 4.78 is 57.6. The molecule has 1 aromatic heterocycles. The smallest absolute Gasteiger partial charge is 0.244 e. The molecule has 2 amide bonds. The number of primary sulfonamides is 1. The second-order valence-corrected chi connectivity index (χ2v) is 11.1. The van der Waals surface area contributed by atoms with Gasteiger partial charge in [-0.1, -0.05) is 23.7 Å². The fraction of sp³-hybridized carbons (Fsp3) is 0.320. The summed E-state index contributed by atoms with van der Waals surface area (Å²) in [6.45, 7) is 0.532. The van der Waals surface area contributed by atoms with E-state index in [1.165, 1.54) is 48.0 Å². The molecular formula is C25H25ClF2N4O6S. The van der Waals surface area contributed by atoms with Crippen LogP contribution < -0.4 is 15.2 Å². The van der Waals surface area contributed by atoms with Gasteiger partial charge in [0.05, 0.1) is 11.6 Å². The van der Waals surface area contributed by atoms with Gasteiger partial charge in [0.15, 0.2) is 5.78 Å². The second kappa shape index (κ2) is 11.3. The molecule has 0 saturated carbocycles. The standard InChI is InChI=1S/C25H25ClF2N4O6S/c1-14(33)19-11-31(21-6-5-17(8-18(19)21)38-13-39(29,36)37)12-23(34)32-10-16(27)7-22(32)25(35)30-9-15-3-2-4-20(26)24(15)28/h2-6,8,11,16,22H,7,9-10,12-13H2,1H3,(H,30,35)(H2,29,36,37)/t16-,22+/m1/s1. The van der Waals surface area contributed by atoms with Crippen LogP contribution in [0.5, 0.6) is 5.75 Å². The van der Waals surface area contributed by atoms with Crippen LogP contribution in [0.2, 0.25) is 5.02 Å². The Bertz CT molecular complexity index is 1560. The van der Waals surface area contributed by atoms with Crippen molar-refractivity contribution in [3.8, 4) is 5.75 Å². The van der Waals surface area contributed by atoms with Crippen LogP contribution in [0, 0.1) is 5.82 Å². The number of hydrogen-bond donors (Lipinski definition) is 2. The highest BCUT2D eigenvalue weighted by Gasteiger charge is 2.39. The van der Waals surface area contributed by atoms with Crippen LogP contribution >= 0.6 is 11.6 Å². The Labute approximate surface area is 227 Å². The summed E-state index contributed by atoms with van der Waals surface area (Å²) in [5.74, 6) is -2.81. The lowest BCUT2D eigenvalue weighted by Gasteiger charge is -2.24. The maximum absolute atomic E-state index is 14.4. The largest absolute Gasteiger partial charge is 0.476 e. The Morgan fingerprint density at radius 2 is 1.97 bits per heavy atom. The summed E-state index contributed by atoms with van der Waals surface area (Å²) in [4.78, 5) is 39.5. The molecule has 3 aromatic rings. The predicted molar refractivity (Wildman–Crippen MR) is 139 cm³/mol. The van der Waals surface area contributed by atoms with Crippen molar-refractivity contribution >= 4 is 50.1 Å². The van der Waals surface area contributed by atoms with E-state index < -0.39 is 45.8 Å². The van der Waals surface area contributed by atoms with E-state index in [1.54, 1.807) is 6.07 Å². The molecule has 14 heteroatoms. The lowest BCUT2D eigenvalue weighted by atomic mass is 10.1. The normalized spacial score (nSPS) is 17.4. The molecule has 2 heterocycles. The molecule has 10 nitrogen and oxygen atoms in total. The van der Waals surface area contributed by atoms with Crippen LogP contribution in [0.15, 0.2) is 42.6 Å². The monoisotopic (exact) mass is 582 g/mol. The Kier molecular flexibility index (Phi) is 8.23. The predicted octanol–water partition coefficient (Wildman–Crippen LogP) is 2.52. The van der Waals surface area contributed by atoms with Gasteiger partial charge in [0.2, 0.25) is 27.8 Å². The van der Waals surface area contributed by atoms with Crippen molar-refractivity contribution < 1.29 is 36.3 Å². The third-order valence-corrected chi connectivity index (χ3v) is 7.02. The lowest BCUT2D eigenvalue weighted by molar-refractivity contribution is -0.139. The molecule has 0 bridgehead atoms. The molecule has 2 atom stereocenters. The Morgan fingerprint density at radius 3 is 2.67 bits per heavy atom. The number of ether oxygens (including phenoxy) is 1. The van der Waals surface area contributed by atoms with Crippen LogP contribution in [0.25, 0.3) is 10.9 Å². The zero-order valence-electron chi connectivity index (χ0n) is 20.7. The highest BCUT2D eigenvalue weighted by molar-refractivity contribution is 7.88. The first kappa shape index (κ1) is 28.5. The van der Waals surface area contributed by atoms with Gasteiger partial charge in [0.1, 0.15) is 30.3 Å². The van der Waals surface area contributed by atoms with Gasteiger partial charge >= 0.3 is 0 Å². The number of likely N-dealkylation sites (tertiary alicyclic amines) is 1. The van der Waals surface area contributed by atoms with Gasteiger partial charge in [0.25, 0.3) is 0 Å². The number of alkyl halides is 1. The van der Waals surface area contributed by atoms with Gasteiger partial charge in [-0.3, -0.25) is 14.4 Å². The first-order chi connectivity index (χ1) is 18.3. The fourth-order valence-electron chi connectivity index (χ4n) is 4.46. The van der Waals surface area contributed by atoms with Crippen molar-refractivity contribution in [3.63, 3.8) is 0 Å². The second-order valence-electron chi connectivity index (χ2n) is 9.16. The summed E-state index contributed by atoms with van der Waals surface area (Å²) in [6.07, 6.45) is -0.194. The Hall–Kier alpha value is -3.55. The van der Waals surface area contributed by atoms with Crippen molar-refractivity contribution in [1.82, 2.24) is 14.8 Å². The zero-order chi connectivity index (χ0) is 28.5. The zero-order valence-corrected chi connectivity index (χ0v) is 22.3. The number of Topliss-reactive ketones (excluding diaryl/α,β-unsaturated/α-hetero) is 1. The molecule has 1 saturated heterocycles. The number of nitrogens with zero attached hydrogens (tertiary/aromatic N) is 2. The van der Waals surface area contributed by atoms with Crippen LogP contribution in [0.1, 0.15) is 29.3 Å². The third kappa shape index (κ3) is 6.54. The minimum Gasteiger partial charge on any atom is -0.476 e. The first-order valence-electron chi connectivity index (χ1n) is 11.7. The van der Waals surface area contributed by atoms with Crippen molar-refractivity contribution in [1.29, 1.82) is 0 Å². The quantitative estimate of drug-likeness (QED) is 0.372. The number of carbonyl (C=O) groups excluding carboxylic acids is 3. The molecule has 0 spiro atoms. The van der Waals surface area contributed by atoms with E-state index in [2.05, 4.69) is 5.32 Å². The van der Waals surface area contributed by atoms with E-state index >= 15 is 0 Å². The number of halogens is 3. The number of rotatable bonds is 9. The van der Waals surface area contributed by atoms with Crippen molar-refractivity contribution in [2.45, 2.75) is 38.6 Å². The molecule has 2 aromatic carbocycles. The average molecular weight is 583 g/mol. The van der Waals surface area contributed by atoms with E-state index in [4.69, 9.17) is 21.5 Å². The summed E-state index contributed by atoms with van der Waals surface area (Å²) in [6, 6.07) is 7.69. The van der Waals surface area contributed by atoms with E-state index in [0.717, 1.165) is 4.90 Å². The maximum Gasteiger partial charge on any atom is 0.244 e. The topological polar surface area (TPSA) is 141 Å². The highest BCUT2D eigenvalue weighted by atomic mass is 35.5. The number of benzene rings is 2. The average Bonchev–Trinajstić information content (AvgIpc) is 3.43. The molecule has 1 fully saturated rings. The number of fused-ring (bicyclic) bond motifs is 1. The van der Waals surface area contributed by atoms with Crippen molar-refractivity contribution in [3.05, 3.63) is 64.6 Å². The number of hydrogen-bond acceptors (Lipinski definition) is 6. The molecule has 1 aliphatic heterocycles. The molecule has 208 valence electrons. The molecule has 0 unspecified atom stereocenters. The Morgan fingerprint density at radius 1 is 1.23 bits per heavy atom. The van der Waals surface area contributed by atoms with Gasteiger partial charge in [-0.25, -0.2) is 22.3 Å². The Balaban J connectivity index is 1.52. The van der Waals surface area contributed by atoms with Crippen LogP contribution in [0.3, 0.4) is 0 Å². The molecule has 0 aliphatic carbocycles. The molecule has 4 rings (SSSR count). The number of nitrogens with two attached hydrogens (primary N) is 1. The van der Waals surface area contributed by atoms with E-state index in [9.17, 15) is 31.6 Å². The van der Waals surface area contributed by atoms with E-state index in [1.807, 2.05) is 0 Å². The van der Waals surface area contributed by atoms with Gasteiger partial charge in [-0.05, 0) is 31.2 Å². The summed E-state index contributed by atoms with van der Waals surface area (Å²) in [5.41, 5.74) is 0.859. The third-order valence-electron chi connectivity index (χ3n) is 6.28. The highest BCUT2D eigenvalue weighted by Crippen LogP contribution is 2.28. The van der Waals surface area contributed by atoms with Gasteiger partial charge < -0.3 is 19.5 Å². The number of ketones is 1. The van der Waals surface area contributed by atoms with Crippen molar-refractivity contribution in [2.75, 3.05) is 12.5 Å². The lowest BCUT2D eigenvalue weighted by Crippen LogP contribution is -2.46. The fourth-order valence-corrected chi connectivity index (χ4v) is 4.95. The van der Waals surface area contributed by atoms with Crippen LogP contribution in [-0.2, 0) is 32.7 Å². The minimum atomic E-state index is -3.90.